The van der Waals surface area contributed by atoms with Crippen molar-refractivity contribution in [3.63, 3.8) is 0 Å². The van der Waals surface area contributed by atoms with Gasteiger partial charge in [-0.2, -0.15) is 5.10 Å². The lowest BCUT2D eigenvalue weighted by molar-refractivity contribution is -0.122. The van der Waals surface area contributed by atoms with E-state index in [2.05, 4.69) is 77.4 Å². The van der Waals surface area contributed by atoms with Crippen LogP contribution in [-0.2, 0) is 10.2 Å². The molecule has 7 rings (SSSR count). The highest BCUT2D eigenvalue weighted by molar-refractivity contribution is 5.89. The monoisotopic (exact) mass is 765 g/mol. The van der Waals surface area contributed by atoms with Crippen LogP contribution in [0.1, 0.15) is 95.7 Å². The van der Waals surface area contributed by atoms with Gasteiger partial charge in [0.25, 0.3) is 6.47 Å². The van der Waals surface area contributed by atoms with Gasteiger partial charge in [-0.3, -0.25) is 14.5 Å². The lowest BCUT2D eigenvalue weighted by Crippen LogP contribution is -2.38. The molecule has 4 heterocycles. The summed E-state index contributed by atoms with van der Waals surface area (Å²) in [7, 11) is 4.06. The van der Waals surface area contributed by atoms with Crippen LogP contribution in [0.25, 0.3) is 11.3 Å². The number of aromatic nitrogens is 5. The molecule has 1 fully saturated rings. The highest BCUT2D eigenvalue weighted by Gasteiger charge is 2.31. The highest BCUT2D eigenvalue weighted by Crippen LogP contribution is 2.39. The quantitative estimate of drug-likeness (QED) is 0.123. The largest absolute Gasteiger partial charge is 0.489 e. The molecule has 0 spiro atoms. The molecular weight excluding hydrogens is 711 g/mol. The number of anilines is 2. The van der Waals surface area contributed by atoms with Crippen LogP contribution in [0.15, 0.2) is 72.9 Å². The van der Waals surface area contributed by atoms with E-state index in [4.69, 9.17) is 24.5 Å². The normalized spacial score (nSPS) is 18.7. The number of hydrogen-bond acceptors (Lipinski definition) is 9. The number of benzene rings is 2. The average Bonchev–Trinajstić information content (AvgIpc) is 3.77. The number of nitrogens with zero attached hydrogens (tertiary/aromatic N) is 7. The number of carbonyl (C=O) groups excluding carboxylic acids is 1. The minimum absolute atomic E-state index is 0.00802. The summed E-state index contributed by atoms with van der Waals surface area (Å²) in [6, 6.07) is 21.9. The number of piperidine rings is 1. The molecular formula is C42H55N9O5. The maximum atomic E-state index is 13.8. The molecule has 298 valence electrons. The minimum Gasteiger partial charge on any atom is -0.489 e. The summed E-state index contributed by atoms with van der Waals surface area (Å²) < 4.78 is 16.7. The Hall–Kier alpha value is -5.63. The van der Waals surface area contributed by atoms with E-state index in [0.29, 0.717) is 11.9 Å². The fourth-order valence-corrected chi connectivity index (χ4v) is 7.52. The van der Waals surface area contributed by atoms with E-state index in [1.165, 1.54) is 6.42 Å². The van der Waals surface area contributed by atoms with E-state index in [0.717, 1.165) is 84.4 Å². The Morgan fingerprint density at radius 2 is 1.77 bits per heavy atom. The van der Waals surface area contributed by atoms with Crippen molar-refractivity contribution in [2.75, 3.05) is 37.4 Å². The summed E-state index contributed by atoms with van der Waals surface area (Å²) in [5.74, 6) is 2.95. The molecule has 2 aliphatic rings. The highest BCUT2D eigenvalue weighted by atomic mass is 16.5. The van der Waals surface area contributed by atoms with E-state index >= 15 is 0 Å². The second-order valence-electron chi connectivity index (χ2n) is 16.0. The number of carbonyl (C=O) groups is 2. The molecule has 2 amide bonds. The first-order valence-corrected chi connectivity index (χ1v) is 19.4. The fourth-order valence-electron chi connectivity index (χ4n) is 7.52. The first-order valence-electron chi connectivity index (χ1n) is 19.4. The number of hydrogen-bond donors (Lipinski definition) is 3. The van der Waals surface area contributed by atoms with E-state index in [9.17, 15) is 4.79 Å². The van der Waals surface area contributed by atoms with Gasteiger partial charge in [0.2, 0.25) is 5.95 Å². The van der Waals surface area contributed by atoms with Crippen LogP contribution in [-0.4, -0.2) is 86.2 Å². The number of likely N-dealkylation sites (N-methyl/N-ethyl adjacent to an activating group) is 1. The summed E-state index contributed by atoms with van der Waals surface area (Å²) in [6.07, 6.45) is 6.86. The Labute approximate surface area is 328 Å². The first kappa shape index (κ1) is 40.0. The van der Waals surface area contributed by atoms with Gasteiger partial charge in [-0.1, -0.05) is 51.1 Å². The maximum Gasteiger partial charge on any atom is 0.320 e. The lowest BCUT2D eigenvalue weighted by Gasteiger charge is -2.33. The van der Waals surface area contributed by atoms with Crippen molar-refractivity contribution in [1.29, 1.82) is 0 Å². The van der Waals surface area contributed by atoms with Crippen LogP contribution < -0.4 is 25.0 Å². The van der Waals surface area contributed by atoms with E-state index < -0.39 is 0 Å². The van der Waals surface area contributed by atoms with Crippen molar-refractivity contribution in [1.82, 2.24) is 34.6 Å². The predicted molar refractivity (Wildman–Crippen MR) is 217 cm³/mol. The van der Waals surface area contributed by atoms with E-state index in [1.54, 1.807) is 4.68 Å². The molecule has 0 bridgehead atoms. The number of carboxylic acid groups (broad SMARTS) is 1. The minimum atomic E-state index is -0.296. The molecule has 1 aliphatic carbocycles. The lowest BCUT2D eigenvalue weighted by atomic mass is 9.85. The second kappa shape index (κ2) is 17.4. The Morgan fingerprint density at radius 1 is 1.00 bits per heavy atom. The predicted octanol–water partition coefficient (Wildman–Crippen LogP) is 7.40. The molecule has 0 radical (unpaired) electrons. The third-order valence-corrected chi connectivity index (χ3v) is 10.2. The standard InChI is InChI=1S/C41H53N9O3.CH2O2/c1-27-13-10-11-22-48(27)40-45-44-37-21-18-31(26-49(37)40)53-35-20-19-34(32-16-8-9-17-33(32)35)42-39(51)43-38-24-36(41(3,4)5)46-50(38)29-14-12-15-30(23-29)52-28(2)25-47(6)7;2-1-3/h8-9,12,14-18,21,23-24,26-28,34-35H,10-11,13,19-20,22,25H2,1-7H3,(H2,42,43,51);1H,(H,2,3)/t27-,28+,34-,35+;/m0./s1. The van der Waals surface area contributed by atoms with Gasteiger partial charge in [0, 0.05) is 36.7 Å². The molecule has 1 aliphatic heterocycles. The molecule has 14 nitrogen and oxygen atoms in total. The smallest absolute Gasteiger partial charge is 0.320 e. The zero-order valence-corrected chi connectivity index (χ0v) is 33.5. The van der Waals surface area contributed by atoms with Gasteiger partial charge < -0.3 is 29.7 Å². The van der Waals surface area contributed by atoms with Crippen LogP contribution in [0.3, 0.4) is 0 Å². The maximum absolute atomic E-state index is 13.8. The van der Waals surface area contributed by atoms with Crippen LogP contribution >= 0.6 is 0 Å². The van der Waals surface area contributed by atoms with Crippen molar-refractivity contribution < 1.29 is 24.2 Å². The molecule has 14 heteroatoms. The van der Waals surface area contributed by atoms with Crippen LogP contribution in [0, 0.1) is 0 Å². The molecule has 2 aromatic carbocycles. The number of fused-ring (bicyclic) bond motifs is 2. The second-order valence-corrected chi connectivity index (χ2v) is 16.0. The molecule has 3 N–H and O–H groups in total. The zero-order chi connectivity index (χ0) is 40.0. The number of ether oxygens (including phenoxy) is 2. The number of amides is 2. The average molecular weight is 766 g/mol. The van der Waals surface area contributed by atoms with Gasteiger partial charge in [-0.05, 0) is 95.4 Å². The number of pyridine rings is 1. The fraction of sp³-hybridized carbons (Fsp3) is 0.452. The summed E-state index contributed by atoms with van der Waals surface area (Å²) in [4.78, 5) is 26.6. The summed E-state index contributed by atoms with van der Waals surface area (Å²) >= 11 is 0. The van der Waals surface area contributed by atoms with Crippen LogP contribution in [0.4, 0.5) is 16.6 Å². The number of nitrogens with one attached hydrogen (secondary N) is 2. The van der Waals surface area contributed by atoms with E-state index in [1.807, 2.05) is 79.3 Å². The topological polar surface area (TPSA) is 151 Å². The van der Waals surface area contributed by atoms with Gasteiger partial charge >= 0.3 is 6.03 Å². The van der Waals surface area contributed by atoms with Gasteiger partial charge in [0.1, 0.15) is 29.5 Å². The SMILES string of the molecule is C[C@H](CN(C)C)Oc1cccc(-n2nc(C(C)(C)C)cc2NC(=O)N[C@H]2CC[C@@H](Oc3ccc4nnc(N5CCCC[C@@H]5C)n4c3)c3ccccc32)c1.O=CO. The Morgan fingerprint density at radius 3 is 2.50 bits per heavy atom. The van der Waals surface area contributed by atoms with Crippen molar-refractivity contribution in [2.45, 2.75) is 96.4 Å². The van der Waals surface area contributed by atoms with Crippen molar-refractivity contribution >= 4 is 29.9 Å². The van der Waals surface area contributed by atoms with Crippen molar-refractivity contribution in [2.24, 2.45) is 0 Å². The third kappa shape index (κ3) is 9.41. The Balaban J connectivity index is 0.00000172. The van der Waals surface area contributed by atoms with Crippen LogP contribution in [0.2, 0.25) is 0 Å². The Kier molecular flexibility index (Phi) is 12.5. The molecule has 5 aromatic rings. The number of urea groups is 1. The van der Waals surface area contributed by atoms with Gasteiger partial charge in [0.15, 0.2) is 5.65 Å². The van der Waals surface area contributed by atoms with Crippen molar-refractivity contribution in [3.05, 3.63) is 89.7 Å². The molecule has 4 atom stereocenters. The first-order chi connectivity index (χ1) is 26.8. The zero-order valence-electron chi connectivity index (χ0n) is 33.5. The molecule has 56 heavy (non-hydrogen) atoms. The summed E-state index contributed by atoms with van der Waals surface area (Å²) in [5, 5.41) is 27.2. The van der Waals surface area contributed by atoms with Gasteiger partial charge in [0.05, 0.1) is 23.6 Å². The van der Waals surface area contributed by atoms with Gasteiger partial charge in [-0.15, -0.1) is 10.2 Å². The number of rotatable bonds is 10. The van der Waals surface area contributed by atoms with Gasteiger partial charge in [-0.25, -0.2) is 9.48 Å². The summed E-state index contributed by atoms with van der Waals surface area (Å²) in [6.45, 7) is 12.2. The molecule has 1 saturated heterocycles. The van der Waals surface area contributed by atoms with E-state index in [-0.39, 0.29) is 36.2 Å². The summed E-state index contributed by atoms with van der Waals surface area (Å²) in [5.41, 5.74) is 4.36. The molecule has 3 aromatic heterocycles. The third-order valence-electron chi connectivity index (χ3n) is 10.2. The molecule has 0 saturated carbocycles. The Bertz CT molecular complexity index is 2110. The van der Waals surface area contributed by atoms with Crippen LogP contribution in [0.5, 0.6) is 11.5 Å². The van der Waals surface area contributed by atoms with Crippen molar-refractivity contribution in [3.8, 4) is 17.2 Å². The molecule has 0 unspecified atom stereocenters.